The van der Waals surface area contributed by atoms with Crippen LogP contribution in [0.15, 0.2) is 59.8 Å². The molecule has 4 amide bonds. The summed E-state index contributed by atoms with van der Waals surface area (Å²) in [4.78, 5) is 38.2. The van der Waals surface area contributed by atoms with Crippen LogP contribution in [0.5, 0.6) is 0 Å². The second-order valence-electron chi connectivity index (χ2n) is 7.39. The number of imide groups is 1. The van der Waals surface area contributed by atoms with Crippen molar-refractivity contribution in [1.82, 2.24) is 30.5 Å². The maximum Gasteiger partial charge on any atom is 0.344 e. The molecule has 2 heterocycles. The first kappa shape index (κ1) is 22.8. The molecule has 0 bridgehead atoms. The first-order chi connectivity index (χ1) is 15.9. The van der Waals surface area contributed by atoms with E-state index in [4.69, 9.17) is 11.6 Å². The zero-order valence-corrected chi connectivity index (χ0v) is 19.5. The minimum atomic E-state index is -1.21. The maximum absolute atomic E-state index is 13.1. The average molecular weight is 485 g/mol. The molecule has 1 saturated heterocycles. The van der Waals surface area contributed by atoms with Crippen molar-refractivity contribution in [3.63, 3.8) is 0 Å². The molecule has 3 aromatic rings. The van der Waals surface area contributed by atoms with Gasteiger partial charge in [-0.05, 0) is 36.2 Å². The highest BCUT2D eigenvalue weighted by Crippen LogP contribution is 2.31. The van der Waals surface area contributed by atoms with E-state index in [0.29, 0.717) is 28.0 Å². The summed E-state index contributed by atoms with van der Waals surface area (Å²) in [5.74, 6) is -0.476. The van der Waals surface area contributed by atoms with Crippen molar-refractivity contribution >= 4 is 41.2 Å². The fourth-order valence-corrected chi connectivity index (χ4v) is 4.45. The number of amides is 4. The third kappa shape index (κ3) is 4.31. The number of hydrogen-bond acceptors (Lipinski definition) is 6. The van der Waals surface area contributed by atoms with Crippen molar-refractivity contribution in [3.05, 3.63) is 65.2 Å². The Morgan fingerprint density at radius 3 is 2.48 bits per heavy atom. The Bertz CT molecular complexity index is 1200. The molecule has 2 N–H and O–H groups in total. The lowest BCUT2D eigenvalue weighted by Gasteiger charge is -2.25. The molecule has 0 saturated carbocycles. The standard InChI is InChI=1S/C22H21ClN6O3S/c1-3-22(15-7-5-4-6-8-15)19(31)29(20(32)24-22)27-17(30)13-33-21-26-25-18(28(21)2)14-9-11-16(23)12-10-14/h4-12H,3,13H2,1-2H3,(H,24,32)(H,27,30). The van der Waals surface area contributed by atoms with E-state index in [1.165, 1.54) is 0 Å². The molecule has 11 heteroatoms. The number of nitrogens with zero attached hydrogens (tertiary/aromatic N) is 4. The number of carbonyl (C=O) groups is 3. The van der Waals surface area contributed by atoms with Crippen LogP contribution in [0, 0.1) is 0 Å². The molecule has 33 heavy (non-hydrogen) atoms. The number of thioether (sulfide) groups is 1. The van der Waals surface area contributed by atoms with E-state index < -0.39 is 23.4 Å². The third-order valence-corrected chi connectivity index (χ3v) is 6.67. The Morgan fingerprint density at radius 1 is 1.12 bits per heavy atom. The SMILES string of the molecule is CCC1(c2ccccc2)NC(=O)N(NC(=O)CSc2nnc(-c3ccc(Cl)cc3)n2C)C1=O. The summed E-state index contributed by atoms with van der Waals surface area (Å²) >= 11 is 7.08. The van der Waals surface area contributed by atoms with Gasteiger partial charge in [0.05, 0.1) is 5.75 Å². The van der Waals surface area contributed by atoms with Crippen molar-refractivity contribution in [2.45, 2.75) is 24.0 Å². The van der Waals surface area contributed by atoms with Gasteiger partial charge in [0.15, 0.2) is 11.0 Å². The summed E-state index contributed by atoms with van der Waals surface area (Å²) in [6.45, 7) is 1.80. The lowest BCUT2D eigenvalue weighted by Crippen LogP contribution is -2.49. The summed E-state index contributed by atoms with van der Waals surface area (Å²) in [5, 5.41) is 12.9. The van der Waals surface area contributed by atoms with E-state index >= 15 is 0 Å². The highest BCUT2D eigenvalue weighted by molar-refractivity contribution is 7.99. The molecule has 9 nitrogen and oxygen atoms in total. The smallest absolute Gasteiger partial charge is 0.318 e. The van der Waals surface area contributed by atoms with E-state index in [0.717, 1.165) is 22.3 Å². The molecule has 1 aromatic heterocycles. The summed E-state index contributed by atoms with van der Waals surface area (Å²) < 4.78 is 1.76. The maximum atomic E-state index is 13.1. The number of benzene rings is 2. The number of aromatic nitrogens is 3. The Morgan fingerprint density at radius 2 is 1.82 bits per heavy atom. The lowest BCUT2D eigenvalue weighted by molar-refractivity contribution is -0.138. The van der Waals surface area contributed by atoms with Gasteiger partial charge in [-0.25, -0.2) is 4.79 Å². The lowest BCUT2D eigenvalue weighted by atomic mass is 9.87. The van der Waals surface area contributed by atoms with Crippen LogP contribution in [0.1, 0.15) is 18.9 Å². The number of hydrogen-bond donors (Lipinski definition) is 2. The number of urea groups is 1. The Hall–Kier alpha value is -3.37. The van der Waals surface area contributed by atoms with Crippen molar-refractivity contribution in [3.8, 4) is 11.4 Å². The molecule has 1 aliphatic heterocycles. The minimum Gasteiger partial charge on any atom is -0.318 e. The fourth-order valence-electron chi connectivity index (χ4n) is 3.62. The number of rotatable bonds is 7. The van der Waals surface area contributed by atoms with Gasteiger partial charge in [-0.15, -0.1) is 10.2 Å². The van der Waals surface area contributed by atoms with E-state index in [2.05, 4.69) is 20.9 Å². The number of halogens is 1. The predicted octanol–water partition coefficient (Wildman–Crippen LogP) is 3.12. The fraction of sp³-hybridized carbons (Fsp3) is 0.227. The first-order valence-electron chi connectivity index (χ1n) is 10.2. The molecule has 1 unspecified atom stereocenters. The first-order valence-corrected chi connectivity index (χ1v) is 11.5. The van der Waals surface area contributed by atoms with Gasteiger partial charge in [-0.3, -0.25) is 15.0 Å². The van der Waals surface area contributed by atoms with Crippen LogP contribution in [0.4, 0.5) is 4.79 Å². The molecule has 170 valence electrons. The van der Waals surface area contributed by atoms with Crippen LogP contribution in [-0.2, 0) is 22.2 Å². The van der Waals surface area contributed by atoms with E-state index in [9.17, 15) is 14.4 Å². The molecule has 2 aromatic carbocycles. The quantitative estimate of drug-likeness (QED) is 0.394. The van der Waals surface area contributed by atoms with Gasteiger partial charge in [0.1, 0.15) is 5.54 Å². The molecule has 0 aliphatic carbocycles. The van der Waals surface area contributed by atoms with E-state index in [1.54, 1.807) is 54.9 Å². The van der Waals surface area contributed by atoms with Crippen molar-refractivity contribution in [2.24, 2.45) is 7.05 Å². The third-order valence-electron chi connectivity index (χ3n) is 5.39. The second kappa shape index (κ2) is 9.24. The van der Waals surface area contributed by atoms with Crippen molar-refractivity contribution in [1.29, 1.82) is 0 Å². The monoisotopic (exact) mass is 484 g/mol. The molecule has 0 radical (unpaired) electrons. The number of nitrogens with one attached hydrogen (secondary N) is 2. The predicted molar refractivity (Wildman–Crippen MR) is 124 cm³/mol. The van der Waals surface area contributed by atoms with Gasteiger partial charge >= 0.3 is 6.03 Å². The molecule has 1 atom stereocenters. The molecular weight excluding hydrogens is 464 g/mol. The molecule has 4 rings (SSSR count). The Balaban J connectivity index is 1.42. The summed E-state index contributed by atoms with van der Waals surface area (Å²) in [6.07, 6.45) is 0.342. The van der Waals surface area contributed by atoms with E-state index in [1.807, 2.05) is 18.2 Å². The van der Waals surface area contributed by atoms with Crippen molar-refractivity contribution < 1.29 is 14.4 Å². The van der Waals surface area contributed by atoms with Gasteiger partial charge in [0, 0.05) is 17.6 Å². The van der Waals surface area contributed by atoms with E-state index in [-0.39, 0.29) is 5.75 Å². The number of hydrazine groups is 1. The van der Waals surface area contributed by atoms with Gasteiger partial charge in [-0.2, -0.15) is 5.01 Å². The zero-order valence-electron chi connectivity index (χ0n) is 17.9. The van der Waals surface area contributed by atoms with Gasteiger partial charge in [0.2, 0.25) is 5.91 Å². The van der Waals surface area contributed by atoms with Crippen LogP contribution >= 0.6 is 23.4 Å². The topological polar surface area (TPSA) is 109 Å². The van der Waals surface area contributed by atoms with Crippen molar-refractivity contribution in [2.75, 3.05) is 5.75 Å². The highest BCUT2D eigenvalue weighted by atomic mass is 35.5. The zero-order chi connectivity index (χ0) is 23.6. The largest absolute Gasteiger partial charge is 0.344 e. The van der Waals surface area contributed by atoms with Crippen LogP contribution in [0.3, 0.4) is 0 Å². The van der Waals surface area contributed by atoms with Gasteiger partial charge in [0.25, 0.3) is 5.91 Å². The summed E-state index contributed by atoms with van der Waals surface area (Å²) in [7, 11) is 1.79. The minimum absolute atomic E-state index is 0.0614. The van der Waals surface area contributed by atoms with Crippen LogP contribution in [0.2, 0.25) is 5.02 Å². The van der Waals surface area contributed by atoms with Crippen LogP contribution in [0.25, 0.3) is 11.4 Å². The van der Waals surface area contributed by atoms with Crippen LogP contribution < -0.4 is 10.7 Å². The average Bonchev–Trinajstić information content (AvgIpc) is 3.31. The molecular formula is C22H21ClN6O3S. The molecule has 1 aliphatic rings. The highest BCUT2D eigenvalue weighted by Gasteiger charge is 2.52. The van der Waals surface area contributed by atoms with Crippen LogP contribution in [-0.4, -0.2) is 43.4 Å². The van der Waals surface area contributed by atoms with Gasteiger partial charge < -0.3 is 9.88 Å². The van der Waals surface area contributed by atoms with Gasteiger partial charge in [-0.1, -0.05) is 60.6 Å². The molecule has 0 spiro atoms. The second-order valence-corrected chi connectivity index (χ2v) is 8.77. The Kier molecular flexibility index (Phi) is 6.39. The Labute approximate surface area is 199 Å². The summed E-state index contributed by atoms with van der Waals surface area (Å²) in [6, 6.07) is 15.5. The number of carbonyl (C=O) groups excluding carboxylic acids is 3. The summed E-state index contributed by atoms with van der Waals surface area (Å²) in [5.41, 5.74) is 2.69. The normalized spacial score (nSPS) is 17.8. The molecule has 1 fully saturated rings.